The molecule has 0 spiro atoms. The molecule has 2 aliphatic rings. The maximum absolute atomic E-state index is 14.7. The van der Waals surface area contributed by atoms with Crippen LogP contribution in [0.1, 0.15) is 59.2 Å². The first-order valence-corrected chi connectivity index (χ1v) is 19.3. The second-order valence-corrected chi connectivity index (χ2v) is 14.4. The molecule has 7 rings (SSSR count). The number of nitrogens with zero attached hydrogens (tertiary/aromatic N) is 2. The van der Waals surface area contributed by atoms with Gasteiger partial charge in [0, 0.05) is 24.3 Å². The summed E-state index contributed by atoms with van der Waals surface area (Å²) in [5, 5.41) is 7.25. The highest BCUT2D eigenvalue weighted by atomic mass is 16.5. The van der Waals surface area contributed by atoms with Crippen molar-refractivity contribution in [2.24, 2.45) is 0 Å². The van der Waals surface area contributed by atoms with Crippen molar-refractivity contribution in [3.8, 4) is 16.9 Å². The molecule has 5 aromatic carbocycles. The zero-order valence-electron chi connectivity index (χ0n) is 33.0. The Hall–Kier alpha value is -6.53. The Morgan fingerprint density at radius 2 is 1.50 bits per heavy atom. The summed E-state index contributed by atoms with van der Waals surface area (Å²) in [7, 11) is 4.50. The van der Waals surface area contributed by atoms with E-state index >= 15 is 0 Å². The van der Waals surface area contributed by atoms with Crippen LogP contribution in [0.25, 0.3) is 21.9 Å². The van der Waals surface area contributed by atoms with Gasteiger partial charge in [-0.2, -0.15) is 0 Å². The van der Waals surface area contributed by atoms with Gasteiger partial charge in [0.2, 0.25) is 11.8 Å². The highest BCUT2D eigenvalue weighted by Gasteiger charge is 2.38. The van der Waals surface area contributed by atoms with Crippen LogP contribution in [-0.2, 0) is 35.2 Å². The molecule has 0 saturated heterocycles. The van der Waals surface area contributed by atoms with Crippen molar-refractivity contribution in [1.29, 1.82) is 0 Å². The van der Waals surface area contributed by atoms with Crippen molar-refractivity contribution in [2.45, 2.75) is 50.7 Å². The molecule has 1 aliphatic carbocycles. The van der Waals surface area contributed by atoms with Crippen molar-refractivity contribution in [2.75, 3.05) is 44.2 Å². The zero-order valence-corrected chi connectivity index (χ0v) is 33.0. The van der Waals surface area contributed by atoms with Crippen LogP contribution in [0, 0.1) is 0 Å². The fourth-order valence-corrected chi connectivity index (χ4v) is 7.86. The van der Waals surface area contributed by atoms with Crippen molar-refractivity contribution in [3.63, 3.8) is 0 Å². The van der Waals surface area contributed by atoms with Gasteiger partial charge in [-0.25, -0.2) is 4.79 Å². The fraction of sp³-hybridized carbons (Fsp3) is 0.283. The Balaban J connectivity index is 1.12. The topological polar surface area (TPSA) is 144 Å². The number of anilines is 2. The first kappa shape index (κ1) is 39.7. The number of rotatable bonds is 13. The molecule has 58 heavy (non-hydrogen) atoms. The number of likely N-dealkylation sites (N-methyl/N-ethyl adjacent to an activating group) is 1. The number of amides is 3. The number of fused-ring (bicyclic) bond motifs is 5. The molecular weight excluding hydrogens is 737 g/mol. The van der Waals surface area contributed by atoms with Crippen LogP contribution >= 0.6 is 0 Å². The summed E-state index contributed by atoms with van der Waals surface area (Å²) >= 11 is 0. The van der Waals surface area contributed by atoms with Gasteiger partial charge >= 0.3 is 11.9 Å². The van der Waals surface area contributed by atoms with Crippen molar-refractivity contribution >= 4 is 51.8 Å². The number of carbonyl (C=O) groups excluding carboxylic acids is 5. The smallest absolute Gasteiger partial charge is 0.337 e. The van der Waals surface area contributed by atoms with Crippen molar-refractivity contribution in [1.82, 2.24) is 10.6 Å². The lowest BCUT2D eigenvalue weighted by atomic mass is 9.98. The van der Waals surface area contributed by atoms with E-state index in [9.17, 15) is 24.0 Å². The minimum atomic E-state index is -1.12. The lowest BCUT2D eigenvalue weighted by Gasteiger charge is -2.27. The van der Waals surface area contributed by atoms with E-state index in [1.165, 1.54) is 19.1 Å². The van der Waals surface area contributed by atoms with E-state index in [-0.39, 0.29) is 50.8 Å². The number of ether oxygens (including phenoxy) is 3. The van der Waals surface area contributed by atoms with E-state index in [0.717, 1.165) is 33.0 Å². The van der Waals surface area contributed by atoms with Crippen LogP contribution in [-0.4, -0.2) is 76.2 Å². The molecule has 2 atom stereocenters. The van der Waals surface area contributed by atoms with Gasteiger partial charge in [0.15, 0.2) is 0 Å². The third kappa shape index (κ3) is 7.88. The monoisotopic (exact) mass is 782 g/mol. The molecular formula is C46H46N4O8. The average Bonchev–Trinajstić information content (AvgIpc) is 3.52. The van der Waals surface area contributed by atoms with Gasteiger partial charge in [-0.1, -0.05) is 72.8 Å². The minimum absolute atomic E-state index is 0.0000214. The maximum atomic E-state index is 14.7. The van der Waals surface area contributed by atoms with E-state index in [1.54, 1.807) is 67.4 Å². The molecule has 0 unspecified atom stereocenters. The lowest BCUT2D eigenvalue weighted by molar-refractivity contribution is -0.144. The first-order chi connectivity index (χ1) is 28.1. The number of hydrogen-bond acceptors (Lipinski definition) is 9. The number of esters is 2. The normalized spacial score (nSPS) is 15.2. The summed E-state index contributed by atoms with van der Waals surface area (Å²) in [6.45, 7) is 1.76. The SMILES string of the molecule is CN[C@@H](C)C(=O)N[C@H]1CN(C(=O)CCCC(=O)OCC2c3ccccc3-c3ccccc32)c2ccccc2N(Cc2c(OC)ccc3cc(C(=O)OC)ccc23)C1=O. The molecule has 0 aromatic heterocycles. The zero-order chi connectivity index (χ0) is 40.9. The summed E-state index contributed by atoms with van der Waals surface area (Å²) in [6.07, 6.45) is 0.251. The predicted octanol–water partition coefficient (Wildman–Crippen LogP) is 6.13. The Bertz CT molecular complexity index is 2350. The molecule has 5 aromatic rings. The van der Waals surface area contributed by atoms with E-state index in [2.05, 4.69) is 34.9 Å². The number of carbonyl (C=O) groups is 5. The summed E-state index contributed by atoms with van der Waals surface area (Å²) in [4.78, 5) is 70.6. The molecule has 0 fully saturated rings. The standard InChI is InChI=1S/C46H46N4O8/c1-28(47-2)44(53)48-38-26-49(42(51)18-11-19-43(52)58-27-37-34-14-7-5-12-32(34)33-13-6-8-15-35(33)37)39-16-9-10-17-40(39)50(45(38)54)25-36-31-22-20-30(46(55)57-4)24-29(31)21-23-41(36)56-3/h5-10,12-17,20-24,28,37-38,47H,11,18-19,25-27H2,1-4H3,(H,48,53)/t28-,38-/m0/s1. The summed E-state index contributed by atoms with van der Waals surface area (Å²) in [5.41, 5.74) is 6.49. The molecule has 298 valence electrons. The van der Waals surface area contributed by atoms with Crippen LogP contribution in [0.3, 0.4) is 0 Å². The summed E-state index contributed by atoms with van der Waals surface area (Å²) in [6, 6.07) is 30.4. The van der Waals surface area contributed by atoms with Gasteiger partial charge < -0.3 is 34.6 Å². The summed E-state index contributed by atoms with van der Waals surface area (Å²) in [5.74, 6) is -1.59. The van der Waals surface area contributed by atoms with Gasteiger partial charge in [-0.05, 0) is 83.8 Å². The number of hydrogen-bond donors (Lipinski definition) is 2. The van der Waals surface area contributed by atoms with Gasteiger partial charge in [0.1, 0.15) is 18.4 Å². The minimum Gasteiger partial charge on any atom is -0.496 e. The third-order valence-electron chi connectivity index (χ3n) is 11.0. The van der Waals surface area contributed by atoms with Crippen molar-refractivity contribution < 1.29 is 38.2 Å². The molecule has 12 nitrogen and oxygen atoms in total. The average molecular weight is 783 g/mol. The Morgan fingerprint density at radius 1 is 0.828 bits per heavy atom. The maximum Gasteiger partial charge on any atom is 0.337 e. The lowest BCUT2D eigenvalue weighted by Crippen LogP contribution is -2.55. The quantitative estimate of drug-likeness (QED) is 0.135. The number of methoxy groups -OCH3 is 2. The van der Waals surface area contributed by atoms with E-state index in [4.69, 9.17) is 14.2 Å². The molecule has 0 saturated carbocycles. The van der Waals surface area contributed by atoms with Crippen LogP contribution in [0.2, 0.25) is 0 Å². The fourth-order valence-electron chi connectivity index (χ4n) is 7.86. The molecule has 1 aliphatic heterocycles. The largest absolute Gasteiger partial charge is 0.496 e. The van der Waals surface area contributed by atoms with Gasteiger partial charge in [-0.3, -0.25) is 19.2 Å². The molecule has 2 N–H and O–H groups in total. The second-order valence-electron chi connectivity index (χ2n) is 14.4. The van der Waals surface area contributed by atoms with E-state index in [0.29, 0.717) is 28.3 Å². The number of para-hydroxylation sites is 2. The molecule has 1 heterocycles. The number of benzene rings is 5. The van der Waals surface area contributed by atoms with Crippen LogP contribution in [0.15, 0.2) is 103 Å². The highest BCUT2D eigenvalue weighted by molar-refractivity contribution is 6.09. The Kier molecular flexibility index (Phi) is 11.8. The van der Waals surface area contributed by atoms with Crippen LogP contribution < -0.4 is 25.2 Å². The molecule has 0 radical (unpaired) electrons. The highest BCUT2D eigenvalue weighted by Crippen LogP contribution is 2.44. The predicted molar refractivity (Wildman–Crippen MR) is 221 cm³/mol. The first-order valence-electron chi connectivity index (χ1n) is 19.3. The molecule has 12 heteroatoms. The van der Waals surface area contributed by atoms with E-state index < -0.39 is 35.8 Å². The van der Waals surface area contributed by atoms with Gasteiger partial charge in [-0.15, -0.1) is 0 Å². The summed E-state index contributed by atoms with van der Waals surface area (Å²) < 4.78 is 16.5. The van der Waals surface area contributed by atoms with Crippen molar-refractivity contribution in [3.05, 3.63) is 125 Å². The van der Waals surface area contributed by atoms with Crippen LogP contribution in [0.5, 0.6) is 5.75 Å². The Morgan fingerprint density at radius 3 is 2.17 bits per heavy atom. The van der Waals surface area contributed by atoms with E-state index in [1.807, 2.05) is 30.3 Å². The van der Waals surface area contributed by atoms with Crippen LogP contribution in [0.4, 0.5) is 11.4 Å². The van der Waals surface area contributed by atoms with Gasteiger partial charge in [0.05, 0.1) is 50.3 Å². The van der Waals surface area contributed by atoms with Gasteiger partial charge in [0.25, 0.3) is 5.91 Å². The molecule has 0 bridgehead atoms. The third-order valence-corrected chi connectivity index (χ3v) is 11.0. The number of nitrogens with one attached hydrogen (secondary N) is 2. The second kappa shape index (κ2) is 17.3. The Labute approximate surface area is 337 Å². The molecule has 3 amide bonds.